The Balaban J connectivity index is 1.09. The molecule has 0 bridgehead atoms. The summed E-state index contributed by atoms with van der Waals surface area (Å²) in [5.41, 5.74) is 18.4. The molecule has 15 rings (SSSR count). The van der Waals surface area contributed by atoms with E-state index in [0.717, 1.165) is 88.8 Å². The number of furan rings is 2. The van der Waals surface area contributed by atoms with Gasteiger partial charge in [-0.3, -0.25) is 0 Å². The lowest BCUT2D eigenvalue weighted by atomic mass is 9.67. The molecule has 2 aromatic heterocycles. The third-order valence-electron chi connectivity index (χ3n) is 17.2. The maximum absolute atomic E-state index is 6.99. The fraction of sp³-hybridized carbons (Fsp3) is 0.117. The quantitative estimate of drug-likeness (QED) is 0.152. The number of para-hydroxylation sites is 4. The van der Waals surface area contributed by atoms with Crippen molar-refractivity contribution < 1.29 is 8.83 Å². The van der Waals surface area contributed by atoms with E-state index < -0.39 is 5.41 Å². The molecule has 2 heterocycles. The maximum atomic E-state index is 6.99. The second-order valence-electron chi connectivity index (χ2n) is 24.0. The molecule has 12 aromatic carbocycles. The number of hydrogen-bond acceptors (Lipinski definition) is 4. The first kappa shape index (κ1) is 48.5. The van der Waals surface area contributed by atoms with Crippen LogP contribution in [0.15, 0.2) is 264 Å². The van der Waals surface area contributed by atoms with Crippen LogP contribution in [-0.4, -0.2) is 0 Å². The lowest BCUT2D eigenvalue weighted by Gasteiger charge is -2.36. The molecule has 0 fully saturated rings. The molecule has 0 aliphatic heterocycles. The molecule has 0 saturated heterocycles. The van der Waals surface area contributed by atoms with Gasteiger partial charge in [0.25, 0.3) is 0 Å². The highest BCUT2D eigenvalue weighted by atomic mass is 16.3. The van der Waals surface area contributed by atoms with Crippen LogP contribution in [0.25, 0.3) is 76.5 Å². The molecule has 0 atom stereocenters. The van der Waals surface area contributed by atoms with Gasteiger partial charge in [0.15, 0.2) is 11.2 Å². The number of hydrogen-bond donors (Lipinski definition) is 0. The van der Waals surface area contributed by atoms with Crippen molar-refractivity contribution in [3.63, 3.8) is 0 Å². The Bertz CT molecular complexity index is 4460. The Labute approximate surface area is 472 Å². The van der Waals surface area contributed by atoms with Gasteiger partial charge in [0.2, 0.25) is 0 Å². The topological polar surface area (TPSA) is 32.8 Å². The Kier molecular flexibility index (Phi) is 10.9. The van der Waals surface area contributed by atoms with E-state index in [4.69, 9.17) is 8.83 Å². The van der Waals surface area contributed by atoms with Crippen LogP contribution in [0.5, 0.6) is 0 Å². The summed E-state index contributed by atoms with van der Waals surface area (Å²) in [6.07, 6.45) is 0. The molecule has 0 amide bonds. The zero-order valence-corrected chi connectivity index (χ0v) is 46.5. The third kappa shape index (κ3) is 7.43. The predicted octanol–water partition coefficient (Wildman–Crippen LogP) is 21.7. The van der Waals surface area contributed by atoms with Crippen LogP contribution in [0.1, 0.15) is 74.9 Å². The van der Waals surface area contributed by atoms with Crippen molar-refractivity contribution in [3.05, 3.63) is 288 Å². The van der Waals surface area contributed by atoms with Crippen molar-refractivity contribution in [2.24, 2.45) is 0 Å². The minimum atomic E-state index is -0.828. The van der Waals surface area contributed by atoms with Crippen molar-refractivity contribution in [1.82, 2.24) is 0 Å². The summed E-state index contributed by atoms with van der Waals surface area (Å²) in [5, 5.41) is 8.97. The van der Waals surface area contributed by atoms with Crippen LogP contribution >= 0.6 is 0 Å². The number of fused-ring (bicyclic) bond motifs is 13. The van der Waals surface area contributed by atoms with Crippen LogP contribution in [0.3, 0.4) is 0 Å². The van der Waals surface area contributed by atoms with Crippen LogP contribution in [0, 0.1) is 0 Å². The zero-order chi connectivity index (χ0) is 54.8. The molecule has 1 aliphatic rings. The molecule has 4 heteroatoms. The van der Waals surface area contributed by atoms with Crippen molar-refractivity contribution in [1.29, 1.82) is 0 Å². The first-order valence-corrected chi connectivity index (χ1v) is 28.3. The van der Waals surface area contributed by atoms with Crippen molar-refractivity contribution in [2.75, 3.05) is 9.80 Å². The molecule has 0 N–H and O–H groups in total. The SMILES string of the molecule is CC(C)(C)c1ccc(N(c2cc3c(c4ccccc24)-c2c(cc(N(c4ccc(C(C)(C)C)cc4)c4cccc5c4oc4ccccc45)c4ccccc24)C3(c2ccccc2)c2ccccc2)c2cccc3c2oc2ccccc23)cc1. The van der Waals surface area contributed by atoms with Crippen LogP contribution in [-0.2, 0) is 16.2 Å². The number of anilines is 6. The summed E-state index contributed by atoms with van der Waals surface area (Å²) in [5.74, 6) is 0. The first-order valence-electron chi connectivity index (χ1n) is 28.3. The summed E-state index contributed by atoms with van der Waals surface area (Å²) >= 11 is 0. The van der Waals surface area contributed by atoms with E-state index in [1.54, 1.807) is 0 Å². The molecular formula is C77H60N2O2. The average molecular weight is 1050 g/mol. The highest BCUT2D eigenvalue weighted by molar-refractivity contribution is 6.20. The lowest BCUT2D eigenvalue weighted by molar-refractivity contribution is 0.590. The zero-order valence-electron chi connectivity index (χ0n) is 46.5. The first-order chi connectivity index (χ1) is 39.5. The van der Waals surface area contributed by atoms with E-state index in [1.165, 1.54) is 55.3 Å². The molecular weight excluding hydrogens is 985 g/mol. The maximum Gasteiger partial charge on any atom is 0.159 e. The van der Waals surface area contributed by atoms with Gasteiger partial charge in [-0.25, -0.2) is 0 Å². The van der Waals surface area contributed by atoms with Gasteiger partial charge >= 0.3 is 0 Å². The van der Waals surface area contributed by atoms with Crippen molar-refractivity contribution >= 4 is 99.5 Å². The minimum Gasteiger partial charge on any atom is -0.454 e. The van der Waals surface area contributed by atoms with Crippen LogP contribution in [0.2, 0.25) is 0 Å². The number of nitrogens with zero attached hydrogens (tertiary/aromatic N) is 2. The smallest absolute Gasteiger partial charge is 0.159 e. The van der Waals surface area contributed by atoms with Crippen LogP contribution < -0.4 is 9.80 Å². The van der Waals surface area contributed by atoms with E-state index >= 15 is 0 Å². The third-order valence-corrected chi connectivity index (χ3v) is 17.2. The monoisotopic (exact) mass is 1040 g/mol. The minimum absolute atomic E-state index is 0.0369. The average Bonchev–Trinajstić information content (AvgIpc) is 1.83. The highest BCUT2D eigenvalue weighted by Gasteiger charge is 2.49. The Morgan fingerprint density at radius 3 is 1.01 bits per heavy atom. The predicted molar refractivity (Wildman–Crippen MR) is 340 cm³/mol. The van der Waals surface area contributed by atoms with E-state index in [0.29, 0.717) is 0 Å². The van der Waals surface area contributed by atoms with Gasteiger partial charge < -0.3 is 18.6 Å². The van der Waals surface area contributed by atoms with Gasteiger partial charge in [-0.2, -0.15) is 0 Å². The molecule has 0 spiro atoms. The van der Waals surface area contributed by atoms with Crippen molar-refractivity contribution in [2.45, 2.75) is 57.8 Å². The lowest BCUT2D eigenvalue weighted by Crippen LogP contribution is -2.29. The summed E-state index contributed by atoms with van der Waals surface area (Å²) in [4.78, 5) is 4.92. The van der Waals surface area contributed by atoms with Gasteiger partial charge in [-0.15, -0.1) is 0 Å². The Morgan fingerprint density at radius 1 is 0.296 bits per heavy atom. The van der Waals surface area contributed by atoms with Gasteiger partial charge in [-0.05, 0) is 127 Å². The summed E-state index contributed by atoms with van der Waals surface area (Å²) in [6, 6.07) is 94.1. The second-order valence-corrected chi connectivity index (χ2v) is 24.0. The largest absolute Gasteiger partial charge is 0.454 e. The van der Waals surface area contributed by atoms with E-state index in [1.807, 2.05) is 0 Å². The van der Waals surface area contributed by atoms with Gasteiger partial charge in [-0.1, -0.05) is 236 Å². The molecule has 4 nitrogen and oxygen atoms in total. The fourth-order valence-electron chi connectivity index (χ4n) is 13.4. The normalized spacial score (nSPS) is 13.2. The van der Waals surface area contributed by atoms with Gasteiger partial charge in [0, 0.05) is 43.7 Å². The van der Waals surface area contributed by atoms with E-state index in [-0.39, 0.29) is 10.8 Å². The fourth-order valence-corrected chi connectivity index (χ4v) is 13.4. The molecule has 0 radical (unpaired) electrons. The van der Waals surface area contributed by atoms with E-state index in [9.17, 15) is 0 Å². The van der Waals surface area contributed by atoms with Crippen LogP contribution in [0.4, 0.5) is 34.1 Å². The molecule has 0 saturated carbocycles. The number of rotatable bonds is 8. The summed E-state index contributed by atoms with van der Waals surface area (Å²) in [6.45, 7) is 13.7. The Morgan fingerprint density at radius 2 is 0.630 bits per heavy atom. The molecule has 1 aliphatic carbocycles. The van der Waals surface area contributed by atoms with E-state index in [2.05, 4.69) is 306 Å². The molecule has 390 valence electrons. The summed E-state index contributed by atoms with van der Waals surface area (Å²) < 4.78 is 14.0. The Hall–Kier alpha value is -9.64. The van der Waals surface area contributed by atoms with Crippen molar-refractivity contribution in [3.8, 4) is 11.1 Å². The van der Waals surface area contributed by atoms with Gasteiger partial charge in [0.05, 0.1) is 28.2 Å². The van der Waals surface area contributed by atoms with Gasteiger partial charge in [0.1, 0.15) is 11.2 Å². The highest BCUT2D eigenvalue weighted by Crippen LogP contribution is 2.63. The summed E-state index contributed by atoms with van der Waals surface area (Å²) in [7, 11) is 0. The second kappa shape index (κ2) is 18.2. The molecule has 14 aromatic rings. The molecule has 0 unspecified atom stereocenters. The number of benzene rings is 12. The standard InChI is InChI=1S/C77H60N2O2/c1-75(2,3)49-39-43-53(44-40-49)78(65-35-21-33-61-57-29-17-19-37-69(57)80-73(61)65)67-47-63-71(59-31-15-13-27-55(59)67)72-60-32-16-14-28-56(60)68(48-64(72)77(63,51-23-9-7-10-24-51)52-25-11-8-12-26-52)79(54-45-41-50(42-46-54)76(4,5)6)66-36-22-34-62-58-30-18-20-38-70(58)81-74(62)66/h7-48H,1-6H3. The molecule has 81 heavy (non-hydrogen) atoms.